The maximum atomic E-state index is 12.2. The number of unbranched alkanes of at least 4 members (excludes halogenated alkanes) is 14. The summed E-state index contributed by atoms with van der Waals surface area (Å²) in [5.41, 5.74) is 3.79. The topological polar surface area (TPSA) is 42.0 Å². The lowest BCUT2D eigenvalue weighted by Crippen LogP contribution is -2.07. The van der Waals surface area contributed by atoms with Crippen LogP contribution in [0.2, 0.25) is 0 Å². The highest BCUT2D eigenvalue weighted by Crippen LogP contribution is 2.16. The van der Waals surface area contributed by atoms with Gasteiger partial charge in [-0.25, -0.2) is 4.98 Å². The van der Waals surface area contributed by atoms with Gasteiger partial charge in [0.05, 0.1) is 11.2 Å². The Bertz CT molecular complexity index is 1150. The minimum absolute atomic E-state index is 0.0657. The van der Waals surface area contributed by atoms with Crippen molar-refractivity contribution < 1.29 is 4.79 Å². The zero-order valence-corrected chi connectivity index (χ0v) is 24.0. The molecule has 0 unspecified atom stereocenters. The number of carbonyl (C=O) groups is 1. The second-order valence-corrected chi connectivity index (χ2v) is 10.7. The molecule has 3 rings (SSSR count). The van der Waals surface area contributed by atoms with Crippen LogP contribution in [0.4, 0.5) is 5.69 Å². The number of allylic oxidation sites excluding steroid dienone is 1. The molecule has 3 aromatic rings. The van der Waals surface area contributed by atoms with E-state index in [2.05, 4.69) is 29.4 Å². The molecule has 2 aromatic carbocycles. The van der Waals surface area contributed by atoms with Crippen molar-refractivity contribution in [3.8, 4) is 0 Å². The van der Waals surface area contributed by atoms with E-state index >= 15 is 0 Å². The predicted octanol–water partition coefficient (Wildman–Crippen LogP) is 10.8. The lowest BCUT2D eigenvalue weighted by molar-refractivity contribution is -0.111. The standard InChI is InChI=1S/C36H48N2O/c1-2-3-4-5-6-7-8-9-10-11-12-13-14-15-16-17-22-36(39)38-34-28-24-31(25-29-34)23-27-33-30-26-32-20-18-19-21-35(32)37-33/h17-30H,2-16H2,1H3,(H,38,39). The fraction of sp³-hybridized carbons (Fsp3) is 0.444. The van der Waals surface area contributed by atoms with Gasteiger partial charge < -0.3 is 5.32 Å². The van der Waals surface area contributed by atoms with Crippen LogP contribution in [0.15, 0.2) is 72.8 Å². The highest BCUT2D eigenvalue weighted by Gasteiger charge is 1.99. The number of carbonyl (C=O) groups excluding carboxylic acids is 1. The average Bonchev–Trinajstić information content (AvgIpc) is 2.96. The summed E-state index contributed by atoms with van der Waals surface area (Å²) < 4.78 is 0. The Kier molecular flexibility index (Phi) is 14.7. The number of fused-ring (bicyclic) bond motifs is 1. The van der Waals surface area contributed by atoms with Crippen LogP contribution in [0, 0.1) is 0 Å². The number of pyridine rings is 1. The molecule has 0 saturated carbocycles. The summed E-state index contributed by atoms with van der Waals surface area (Å²) in [5, 5.41) is 4.10. The number of rotatable bonds is 19. The maximum Gasteiger partial charge on any atom is 0.248 e. The van der Waals surface area contributed by atoms with E-state index < -0.39 is 0 Å². The zero-order valence-electron chi connectivity index (χ0n) is 24.0. The van der Waals surface area contributed by atoms with Crippen LogP contribution in [-0.4, -0.2) is 10.9 Å². The number of anilines is 1. The normalized spacial score (nSPS) is 11.6. The highest BCUT2D eigenvalue weighted by molar-refractivity contribution is 5.99. The Morgan fingerprint density at radius 2 is 1.31 bits per heavy atom. The van der Waals surface area contributed by atoms with Crippen molar-refractivity contribution in [2.75, 3.05) is 5.32 Å². The van der Waals surface area contributed by atoms with E-state index in [1.54, 1.807) is 6.08 Å². The summed E-state index contributed by atoms with van der Waals surface area (Å²) in [4.78, 5) is 16.9. The molecular weight excluding hydrogens is 476 g/mol. The first-order chi connectivity index (χ1) is 19.2. The summed E-state index contributed by atoms with van der Waals surface area (Å²) in [5.74, 6) is -0.0657. The van der Waals surface area contributed by atoms with Crippen molar-refractivity contribution in [3.05, 3.63) is 84.1 Å². The van der Waals surface area contributed by atoms with Crippen molar-refractivity contribution in [2.45, 2.75) is 103 Å². The summed E-state index contributed by atoms with van der Waals surface area (Å²) in [6.07, 6.45) is 27.8. The van der Waals surface area contributed by atoms with Gasteiger partial charge in [-0.2, -0.15) is 0 Å². The number of nitrogens with zero attached hydrogens (tertiary/aromatic N) is 1. The van der Waals surface area contributed by atoms with Crippen LogP contribution < -0.4 is 5.32 Å². The molecule has 1 aromatic heterocycles. The summed E-state index contributed by atoms with van der Waals surface area (Å²) in [6.45, 7) is 2.28. The van der Waals surface area contributed by atoms with Gasteiger partial charge in [-0.15, -0.1) is 0 Å². The first kappa shape index (κ1) is 30.3. The van der Waals surface area contributed by atoms with Crippen molar-refractivity contribution in [1.29, 1.82) is 0 Å². The van der Waals surface area contributed by atoms with Gasteiger partial charge in [0.1, 0.15) is 0 Å². The van der Waals surface area contributed by atoms with E-state index in [1.807, 2.05) is 66.8 Å². The summed E-state index contributed by atoms with van der Waals surface area (Å²) in [7, 11) is 0. The number of hydrogen-bond donors (Lipinski definition) is 1. The molecule has 0 spiro atoms. The van der Waals surface area contributed by atoms with Crippen molar-refractivity contribution in [1.82, 2.24) is 4.98 Å². The quantitative estimate of drug-likeness (QED) is 0.125. The Morgan fingerprint density at radius 1 is 0.692 bits per heavy atom. The van der Waals surface area contributed by atoms with Crippen LogP contribution in [0.3, 0.4) is 0 Å². The number of amides is 1. The molecule has 0 saturated heterocycles. The second-order valence-electron chi connectivity index (χ2n) is 10.7. The van der Waals surface area contributed by atoms with Gasteiger partial charge >= 0.3 is 0 Å². The molecular formula is C36H48N2O. The summed E-state index contributed by atoms with van der Waals surface area (Å²) in [6, 6.07) is 20.1. The first-order valence-electron chi connectivity index (χ1n) is 15.4. The Hall–Kier alpha value is -3.20. The Morgan fingerprint density at radius 3 is 1.97 bits per heavy atom. The molecule has 0 aliphatic rings. The van der Waals surface area contributed by atoms with Gasteiger partial charge in [-0.3, -0.25) is 4.79 Å². The van der Waals surface area contributed by atoms with Crippen LogP contribution in [0.1, 0.15) is 114 Å². The van der Waals surface area contributed by atoms with E-state index in [1.165, 1.54) is 83.5 Å². The number of benzene rings is 2. The monoisotopic (exact) mass is 524 g/mol. The first-order valence-corrected chi connectivity index (χ1v) is 15.4. The van der Waals surface area contributed by atoms with E-state index in [0.717, 1.165) is 40.7 Å². The third-order valence-electron chi connectivity index (χ3n) is 7.24. The molecule has 3 heteroatoms. The lowest BCUT2D eigenvalue weighted by atomic mass is 10.0. The van der Waals surface area contributed by atoms with Crippen molar-refractivity contribution in [2.24, 2.45) is 0 Å². The van der Waals surface area contributed by atoms with Gasteiger partial charge in [-0.1, -0.05) is 139 Å². The SMILES string of the molecule is CCCCCCCCCCCCCCCCC=CC(=O)Nc1ccc(C=Cc2ccc3ccccc3n2)cc1. The number of hydrogen-bond acceptors (Lipinski definition) is 2. The smallest absolute Gasteiger partial charge is 0.248 e. The highest BCUT2D eigenvalue weighted by atomic mass is 16.1. The van der Waals surface area contributed by atoms with Gasteiger partial charge in [0, 0.05) is 11.1 Å². The molecule has 39 heavy (non-hydrogen) atoms. The fourth-order valence-corrected chi connectivity index (χ4v) is 4.86. The minimum atomic E-state index is -0.0657. The third kappa shape index (κ3) is 12.9. The van der Waals surface area contributed by atoms with Crippen molar-refractivity contribution >= 4 is 34.6 Å². The maximum absolute atomic E-state index is 12.2. The third-order valence-corrected chi connectivity index (χ3v) is 7.24. The number of aromatic nitrogens is 1. The average molecular weight is 525 g/mol. The Labute approximate surface area is 236 Å². The van der Waals surface area contributed by atoms with Gasteiger partial charge in [0.25, 0.3) is 0 Å². The van der Waals surface area contributed by atoms with Crippen LogP contribution in [0.25, 0.3) is 23.1 Å². The largest absolute Gasteiger partial charge is 0.323 e. The molecule has 0 bridgehead atoms. The summed E-state index contributed by atoms with van der Waals surface area (Å²) >= 11 is 0. The molecule has 0 aliphatic heterocycles. The van der Waals surface area contributed by atoms with Crippen LogP contribution in [0.5, 0.6) is 0 Å². The lowest BCUT2D eigenvalue weighted by Gasteiger charge is -2.03. The Balaban J connectivity index is 1.21. The molecule has 1 amide bonds. The predicted molar refractivity (Wildman–Crippen MR) is 170 cm³/mol. The van der Waals surface area contributed by atoms with Crippen LogP contribution >= 0.6 is 0 Å². The number of nitrogens with one attached hydrogen (secondary N) is 1. The zero-order chi connectivity index (χ0) is 27.4. The number of para-hydroxylation sites is 1. The van der Waals surface area contributed by atoms with Gasteiger partial charge in [0.15, 0.2) is 0 Å². The molecule has 0 aliphatic carbocycles. The van der Waals surface area contributed by atoms with Crippen LogP contribution in [-0.2, 0) is 4.79 Å². The van der Waals surface area contributed by atoms with E-state index in [4.69, 9.17) is 0 Å². The molecule has 208 valence electrons. The molecule has 1 heterocycles. The molecule has 0 atom stereocenters. The second kappa shape index (κ2) is 19.0. The molecule has 0 fully saturated rings. The van der Waals surface area contributed by atoms with Gasteiger partial charge in [-0.05, 0) is 54.8 Å². The van der Waals surface area contributed by atoms with Gasteiger partial charge in [0.2, 0.25) is 5.91 Å². The van der Waals surface area contributed by atoms with E-state index in [9.17, 15) is 4.79 Å². The minimum Gasteiger partial charge on any atom is -0.323 e. The van der Waals surface area contributed by atoms with Crippen molar-refractivity contribution in [3.63, 3.8) is 0 Å². The molecule has 1 N–H and O–H groups in total. The molecule has 0 radical (unpaired) electrons. The van der Waals surface area contributed by atoms with E-state index in [0.29, 0.717) is 0 Å². The molecule has 3 nitrogen and oxygen atoms in total. The fourth-order valence-electron chi connectivity index (χ4n) is 4.86. The van der Waals surface area contributed by atoms with E-state index in [-0.39, 0.29) is 5.91 Å².